The van der Waals surface area contributed by atoms with Crippen molar-refractivity contribution < 1.29 is 4.42 Å². The second kappa shape index (κ2) is 8.76. The van der Waals surface area contributed by atoms with Crippen LogP contribution >= 0.6 is 0 Å². The topological polar surface area (TPSA) is 42.2 Å². The lowest BCUT2D eigenvalue weighted by molar-refractivity contribution is 0.669. The number of furan rings is 1. The fraction of sp³-hybridized carbons (Fsp3) is 0. The van der Waals surface area contributed by atoms with Crippen molar-refractivity contribution in [2.45, 2.75) is 0 Å². The molecular weight excluding hydrogens is 538 g/mol. The van der Waals surface area contributed by atoms with E-state index in [1.54, 1.807) is 0 Å². The molecule has 4 nitrogen and oxygen atoms in total. The largest absolute Gasteiger partial charge is 0.456 e. The zero-order valence-corrected chi connectivity index (χ0v) is 23.5. The van der Waals surface area contributed by atoms with Crippen molar-refractivity contribution in [1.29, 1.82) is 0 Å². The van der Waals surface area contributed by atoms with Crippen LogP contribution in [-0.4, -0.2) is 9.97 Å². The first kappa shape index (κ1) is 23.6. The van der Waals surface area contributed by atoms with Crippen LogP contribution in [0.25, 0.3) is 76.9 Å². The van der Waals surface area contributed by atoms with Crippen molar-refractivity contribution in [2.75, 3.05) is 4.90 Å². The van der Waals surface area contributed by atoms with Gasteiger partial charge in [0.1, 0.15) is 16.9 Å². The number of hydrogen-bond acceptors (Lipinski definition) is 4. The molecular formula is C40H23N3O. The van der Waals surface area contributed by atoms with E-state index < -0.39 is 0 Å². The fourth-order valence-corrected chi connectivity index (χ4v) is 7.02. The van der Waals surface area contributed by atoms with E-state index in [9.17, 15) is 0 Å². The van der Waals surface area contributed by atoms with Crippen molar-refractivity contribution >= 4 is 71.7 Å². The van der Waals surface area contributed by atoms with Crippen LogP contribution in [0.1, 0.15) is 0 Å². The minimum absolute atomic E-state index is 0.800. The molecule has 3 heterocycles. The molecule has 10 rings (SSSR count). The van der Waals surface area contributed by atoms with Crippen LogP contribution in [-0.2, 0) is 0 Å². The predicted molar refractivity (Wildman–Crippen MR) is 181 cm³/mol. The standard InChI is InChI=1S/C40H23N3O/c1-2-12-27-24(9-1)19-21-34-38(27)29-14-7-10-25-11-8-17-33(37(25)29)43(34)40-39(41-31-15-4-5-16-32(31)42-40)26-20-22-36-30(23-26)28-13-3-6-18-35(28)44-36/h1-23H. The fourth-order valence-electron chi connectivity index (χ4n) is 7.02. The van der Waals surface area contributed by atoms with Crippen LogP contribution in [0.15, 0.2) is 144 Å². The Bertz CT molecular complexity index is 2630. The molecule has 0 spiro atoms. The smallest absolute Gasteiger partial charge is 0.165 e. The Labute approximate surface area is 252 Å². The number of anilines is 3. The van der Waals surface area contributed by atoms with Gasteiger partial charge in [0, 0.05) is 27.3 Å². The van der Waals surface area contributed by atoms with E-state index in [1.807, 2.05) is 36.4 Å². The van der Waals surface area contributed by atoms with Crippen molar-refractivity contribution in [2.24, 2.45) is 0 Å². The molecule has 0 unspecified atom stereocenters. The molecule has 0 amide bonds. The quantitative estimate of drug-likeness (QED) is 0.211. The highest BCUT2D eigenvalue weighted by Crippen LogP contribution is 2.54. The van der Waals surface area contributed by atoms with E-state index >= 15 is 0 Å². The Morgan fingerprint density at radius 2 is 1.23 bits per heavy atom. The van der Waals surface area contributed by atoms with Gasteiger partial charge in [-0.25, -0.2) is 9.97 Å². The molecule has 204 valence electrons. The Kier molecular flexibility index (Phi) is 4.69. The van der Waals surface area contributed by atoms with Crippen LogP contribution in [0.4, 0.5) is 17.2 Å². The first-order valence-electron chi connectivity index (χ1n) is 14.8. The van der Waals surface area contributed by atoms with Gasteiger partial charge in [0.2, 0.25) is 0 Å². The summed E-state index contributed by atoms with van der Waals surface area (Å²) < 4.78 is 6.18. The second-order valence-corrected chi connectivity index (χ2v) is 11.4. The summed E-state index contributed by atoms with van der Waals surface area (Å²) in [6.45, 7) is 0. The van der Waals surface area contributed by atoms with Crippen LogP contribution < -0.4 is 4.90 Å². The third-order valence-electron chi connectivity index (χ3n) is 8.95. The minimum Gasteiger partial charge on any atom is -0.456 e. The van der Waals surface area contributed by atoms with Crippen LogP contribution in [0.3, 0.4) is 0 Å². The summed E-state index contributed by atoms with van der Waals surface area (Å²) >= 11 is 0. The maximum Gasteiger partial charge on any atom is 0.165 e. The van der Waals surface area contributed by atoms with Gasteiger partial charge < -0.3 is 4.42 Å². The number of aromatic nitrogens is 2. The van der Waals surface area contributed by atoms with Gasteiger partial charge in [0.15, 0.2) is 5.82 Å². The lowest BCUT2D eigenvalue weighted by atomic mass is 9.88. The van der Waals surface area contributed by atoms with Crippen LogP contribution in [0.2, 0.25) is 0 Å². The molecule has 0 N–H and O–H groups in total. The van der Waals surface area contributed by atoms with Gasteiger partial charge in [-0.2, -0.15) is 0 Å². The number of nitrogens with zero attached hydrogens (tertiary/aromatic N) is 3. The zero-order chi connectivity index (χ0) is 28.8. The molecule has 44 heavy (non-hydrogen) atoms. The van der Waals surface area contributed by atoms with E-state index in [-0.39, 0.29) is 0 Å². The van der Waals surface area contributed by atoms with Gasteiger partial charge in [-0.3, -0.25) is 4.90 Å². The molecule has 1 aliphatic rings. The Morgan fingerprint density at radius 3 is 2.14 bits per heavy atom. The maximum absolute atomic E-state index is 6.18. The van der Waals surface area contributed by atoms with Crippen LogP contribution in [0, 0.1) is 0 Å². The summed E-state index contributed by atoms with van der Waals surface area (Å²) in [7, 11) is 0. The van der Waals surface area contributed by atoms with Crippen LogP contribution in [0.5, 0.6) is 0 Å². The lowest BCUT2D eigenvalue weighted by Crippen LogP contribution is -2.18. The molecule has 0 atom stereocenters. The molecule has 0 fully saturated rings. The number of hydrogen-bond donors (Lipinski definition) is 0. The Hall–Kier alpha value is -6.00. The Balaban J connectivity index is 1.34. The third kappa shape index (κ3) is 3.22. The molecule has 4 heteroatoms. The number of fused-ring (bicyclic) bond motifs is 8. The summed E-state index contributed by atoms with van der Waals surface area (Å²) in [5.41, 5.74) is 9.91. The van der Waals surface area contributed by atoms with E-state index in [2.05, 4.69) is 108 Å². The summed E-state index contributed by atoms with van der Waals surface area (Å²) in [4.78, 5) is 13.0. The average molecular weight is 562 g/mol. The van der Waals surface area contributed by atoms with Gasteiger partial charge in [0.25, 0.3) is 0 Å². The highest BCUT2D eigenvalue weighted by atomic mass is 16.3. The highest BCUT2D eigenvalue weighted by molar-refractivity contribution is 6.19. The van der Waals surface area contributed by atoms with Crippen molar-refractivity contribution in [3.63, 3.8) is 0 Å². The zero-order valence-electron chi connectivity index (χ0n) is 23.5. The molecule has 0 saturated heterocycles. The molecule has 7 aromatic carbocycles. The summed E-state index contributed by atoms with van der Waals surface area (Å²) in [6, 6.07) is 48.9. The normalized spacial score (nSPS) is 12.5. The van der Waals surface area contributed by atoms with Gasteiger partial charge in [0.05, 0.1) is 22.4 Å². The number of rotatable bonds is 2. The molecule has 2 aromatic heterocycles. The molecule has 9 aromatic rings. The molecule has 0 radical (unpaired) electrons. The molecule has 0 saturated carbocycles. The predicted octanol–water partition coefficient (Wildman–Crippen LogP) is 11.0. The summed E-state index contributed by atoms with van der Waals surface area (Å²) in [6.07, 6.45) is 0. The minimum atomic E-state index is 0.800. The third-order valence-corrected chi connectivity index (χ3v) is 8.95. The molecule has 0 aliphatic carbocycles. The highest BCUT2D eigenvalue weighted by Gasteiger charge is 2.30. The Morgan fingerprint density at radius 1 is 0.500 bits per heavy atom. The van der Waals surface area contributed by atoms with Gasteiger partial charge in [-0.1, -0.05) is 91.0 Å². The van der Waals surface area contributed by atoms with E-state index in [0.29, 0.717) is 0 Å². The van der Waals surface area contributed by atoms with E-state index in [0.717, 1.165) is 61.4 Å². The average Bonchev–Trinajstić information content (AvgIpc) is 3.46. The van der Waals surface area contributed by atoms with Gasteiger partial charge in [-0.15, -0.1) is 0 Å². The van der Waals surface area contributed by atoms with Crippen molar-refractivity contribution in [3.8, 4) is 22.4 Å². The van der Waals surface area contributed by atoms with Gasteiger partial charge in [-0.05, 0) is 70.3 Å². The summed E-state index contributed by atoms with van der Waals surface area (Å²) in [5, 5.41) is 7.01. The van der Waals surface area contributed by atoms with Crippen molar-refractivity contribution in [3.05, 3.63) is 140 Å². The van der Waals surface area contributed by atoms with E-state index in [1.165, 1.54) is 32.7 Å². The summed E-state index contributed by atoms with van der Waals surface area (Å²) in [5.74, 6) is 0.800. The first-order chi connectivity index (χ1) is 21.8. The first-order valence-corrected chi connectivity index (χ1v) is 14.8. The maximum atomic E-state index is 6.18. The van der Waals surface area contributed by atoms with E-state index in [4.69, 9.17) is 14.4 Å². The SMILES string of the molecule is c1ccc2c3c(ccc2c1)N(c1nc2ccccc2nc1-c1ccc2oc4ccccc4c2c1)c1cccc2cccc-3c12. The molecule has 0 bridgehead atoms. The second-order valence-electron chi connectivity index (χ2n) is 11.4. The number of benzene rings is 7. The monoisotopic (exact) mass is 561 g/mol. The number of para-hydroxylation sites is 3. The van der Waals surface area contributed by atoms with Gasteiger partial charge >= 0.3 is 0 Å². The van der Waals surface area contributed by atoms with Crippen molar-refractivity contribution in [1.82, 2.24) is 9.97 Å². The molecule has 1 aliphatic heterocycles. The lowest BCUT2D eigenvalue weighted by Gasteiger charge is -2.34.